The molecule has 2 aliphatic rings. The lowest BCUT2D eigenvalue weighted by Crippen LogP contribution is -2.31. The molecule has 6 nitrogen and oxygen atoms in total. The van der Waals surface area contributed by atoms with Gasteiger partial charge in [0.05, 0.1) is 11.4 Å². The molecule has 0 aromatic heterocycles. The Hall–Kier alpha value is -1.44. The third kappa shape index (κ3) is 3.91. The van der Waals surface area contributed by atoms with Crippen molar-refractivity contribution >= 4 is 21.6 Å². The average Bonchev–Trinajstić information content (AvgIpc) is 3.20. The van der Waals surface area contributed by atoms with Gasteiger partial charge in [-0.25, -0.2) is 8.42 Å². The highest BCUT2D eigenvalue weighted by atomic mass is 32.2. The van der Waals surface area contributed by atoms with Crippen LogP contribution in [-0.2, 0) is 14.8 Å². The number of sulfonamides is 1. The number of nitrogens with one attached hydrogen (secondary N) is 1. The quantitative estimate of drug-likeness (QED) is 0.884. The van der Waals surface area contributed by atoms with E-state index in [0.717, 1.165) is 38.8 Å². The number of rotatable bonds is 5. The number of amides is 1. The van der Waals surface area contributed by atoms with Gasteiger partial charge in [-0.15, -0.1) is 0 Å². The van der Waals surface area contributed by atoms with Crippen molar-refractivity contribution in [2.24, 2.45) is 0 Å². The highest BCUT2D eigenvalue weighted by Crippen LogP contribution is 2.23. The van der Waals surface area contributed by atoms with Crippen LogP contribution in [0.3, 0.4) is 0 Å². The second-order valence-corrected chi connectivity index (χ2v) is 8.11. The smallest absolute Gasteiger partial charge is 0.243 e. The summed E-state index contributed by atoms with van der Waals surface area (Å²) in [6.45, 7) is 3.43. The molecule has 1 aromatic carbocycles. The lowest BCUT2D eigenvalue weighted by atomic mass is 10.3. The molecule has 2 saturated heterocycles. The Bertz CT molecular complexity index is 663. The van der Waals surface area contributed by atoms with E-state index in [1.165, 1.54) is 4.31 Å². The van der Waals surface area contributed by atoms with Gasteiger partial charge >= 0.3 is 0 Å². The minimum absolute atomic E-state index is 0.0948. The van der Waals surface area contributed by atoms with E-state index >= 15 is 0 Å². The Morgan fingerprint density at radius 3 is 2.39 bits per heavy atom. The zero-order chi connectivity index (χ0) is 16.3. The van der Waals surface area contributed by atoms with Gasteiger partial charge in [0.2, 0.25) is 15.9 Å². The molecular weight excluding hydrogens is 314 g/mol. The summed E-state index contributed by atoms with van der Waals surface area (Å²) < 4.78 is 26.6. The number of likely N-dealkylation sites (tertiary alicyclic amines) is 1. The molecule has 0 saturated carbocycles. The van der Waals surface area contributed by atoms with Crippen LogP contribution in [0.4, 0.5) is 5.69 Å². The lowest BCUT2D eigenvalue weighted by molar-refractivity contribution is -0.117. The summed E-state index contributed by atoms with van der Waals surface area (Å²) in [6, 6.07) is 6.54. The number of nitrogens with zero attached hydrogens (tertiary/aromatic N) is 2. The van der Waals surface area contributed by atoms with E-state index in [1.807, 2.05) is 0 Å². The van der Waals surface area contributed by atoms with Crippen LogP contribution >= 0.6 is 0 Å². The summed E-state index contributed by atoms with van der Waals surface area (Å²) in [7, 11) is -3.45. The predicted molar refractivity (Wildman–Crippen MR) is 88.7 cm³/mol. The molecule has 0 atom stereocenters. The first-order valence-corrected chi connectivity index (χ1v) is 9.62. The maximum absolute atomic E-state index is 12.6. The number of hydrogen-bond donors (Lipinski definition) is 1. The van der Waals surface area contributed by atoms with Crippen molar-refractivity contribution in [2.45, 2.75) is 30.6 Å². The van der Waals surface area contributed by atoms with Gasteiger partial charge in [-0.2, -0.15) is 4.31 Å². The predicted octanol–water partition coefficient (Wildman–Crippen LogP) is 1.51. The molecule has 126 valence electrons. The van der Waals surface area contributed by atoms with Gasteiger partial charge in [0.1, 0.15) is 0 Å². The topological polar surface area (TPSA) is 69.7 Å². The van der Waals surface area contributed by atoms with Crippen LogP contribution in [0.25, 0.3) is 0 Å². The number of benzene rings is 1. The van der Waals surface area contributed by atoms with Crippen molar-refractivity contribution in [3.8, 4) is 0 Å². The van der Waals surface area contributed by atoms with E-state index in [-0.39, 0.29) is 10.8 Å². The highest BCUT2D eigenvalue weighted by Gasteiger charge is 2.27. The molecule has 1 N–H and O–H groups in total. The largest absolute Gasteiger partial charge is 0.325 e. The van der Waals surface area contributed by atoms with Crippen LogP contribution in [0.1, 0.15) is 25.7 Å². The molecule has 0 radical (unpaired) electrons. The van der Waals surface area contributed by atoms with Gasteiger partial charge in [-0.1, -0.05) is 6.07 Å². The second-order valence-electron chi connectivity index (χ2n) is 6.17. The Kier molecular flexibility index (Phi) is 4.99. The fourth-order valence-electron chi connectivity index (χ4n) is 3.16. The SMILES string of the molecule is O=C(CN1CCCC1)Nc1cccc(S(=O)(=O)N2CCCC2)c1. The molecule has 7 heteroatoms. The standard InChI is InChI=1S/C16H23N3O3S/c20-16(13-18-8-1-2-9-18)17-14-6-5-7-15(12-14)23(21,22)19-10-3-4-11-19/h5-7,12H,1-4,8-11,13H2,(H,17,20). The summed E-state index contributed by atoms with van der Waals surface area (Å²) in [4.78, 5) is 14.4. The first-order chi connectivity index (χ1) is 11.1. The van der Waals surface area contributed by atoms with E-state index in [1.54, 1.807) is 24.3 Å². The minimum Gasteiger partial charge on any atom is -0.325 e. The number of carbonyl (C=O) groups is 1. The summed E-state index contributed by atoms with van der Waals surface area (Å²) >= 11 is 0. The molecule has 2 fully saturated rings. The van der Waals surface area contributed by atoms with Crippen LogP contribution in [0.15, 0.2) is 29.2 Å². The summed E-state index contributed by atoms with van der Waals surface area (Å²) in [5.41, 5.74) is 0.537. The summed E-state index contributed by atoms with van der Waals surface area (Å²) in [6.07, 6.45) is 4.09. The number of carbonyl (C=O) groups excluding carboxylic acids is 1. The molecule has 2 aliphatic heterocycles. The average molecular weight is 337 g/mol. The molecule has 0 spiro atoms. The first-order valence-electron chi connectivity index (χ1n) is 8.18. The third-order valence-corrected chi connectivity index (χ3v) is 6.28. The maximum atomic E-state index is 12.6. The molecule has 0 bridgehead atoms. The van der Waals surface area contributed by atoms with Crippen LogP contribution in [0.2, 0.25) is 0 Å². The lowest BCUT2D eigenvalue weighted by Gasteiger charge is -2.17. The van der Waals surface area contributed by atoms with Crippen molar-refractivity contribution in [2.75, 3.05) is 38.0 Å². The molecule has 0 unspecified atom stereocenters. The van der Waals surface area contributed by atoms with Crippen molar-refractivity contribution in [3.63, 3.8) is 0 Å². The molecular formula is C16H23N3O3S. The fourth-order valence-corrected chi connectivity index (χ4v) is 4.72. The Balaban J connectivity index is 1.68. The van der Waals surface area contributed by atoms with Crippen molar-refractivity contribution in [1.29, 1.82) is 0 Å². The van der Waals surface area contributed by atoms with Gasteiger partial charge in [0.15, 0.2) is 0 Å². The maximum Gasteiger partial charge on any atom is 0.243 e. The number of anilines is 1. The Morgan fingerprint density at radius 1 is 1.04 bits per heavy atom. The van der Waals surface area contributed by atoms with Crippen molar-refractivity contribution in [3.05, 3.63) is 24.3 Å². The first kappa shape index (κ1) is 16.4. The van der Waals surface area contributed by atoms with Crippen LogP contribution in [-0.4, -0.2) is 56.3 Å². The Morgan fingerprint density at radius 2 is 1.70 bits per heavy atom. The van der Waals surface area contributed by atoms with Gasteiger partial charge in [-0.3, -0.25) is 9.69 Å². The molecule has 1 amide bonds. The van der Waals surface area contributed by atoms with E-state index in [9.17, 15) is 13.2 Å². The van der Waals surface area contributed by atoms with E-state index in [4.69, 9.17) is 0 Å². The van der Waals surface area contributed by atoms with Crippen LogP contribution < -0.4 is 5.32 Å². The number of hydrogen-bond acceptors (Lipinski definition) is 4. The van der Waals surface area contributed by atoms with Gasteiger partial charge in [0.25, 0.3) is 0 Å². The Labute approximate surface area is 137 Å². The van der Waals surface area contributed by atoms with E-state index in [0.29, 0.717) is 25.3 Å². The van der Waals surface area contributed by atoms with Crippen LogP contribution in [0.5, 0.6) is 0 Å². The minimum atomic E-state index is -3.45. The molecule has 0 aliphatic carbocycles. The van der Waals surface area contributed by atoms with Crippen LogP contribution in [0, 0.1) is 0 Å². The monoisotopic (exact) mass is 337 g/mol. The van der Waals surface area contributed by atoms with E-state index in [2.05, 4.69) is 10.2 Å². The molecule has 23 heavy (non-hydrogen) atoms. The van der Waals surface area contributed by atoms with Gasteiger partial charge in [-0.05, 0) is 57.0 Å². The second kappa shape index (κ2) is 6.98. The third-order valence-electron chi connectivity index (χ3n) is 4.39. The summed E-state index contributed by atoms with van der Waals surface area (Å²) in [5.74, 6) is -0.0948. The summed E-state index contributed by atoms with van der Waals surface area (Å²) in [5, 5.41) is 2.81. The highest BCUT2D eigenvalue weighted by molar-refractivity contribution is 7.89. The zero-order valence-corrected chi connectivity index (χ0v) is 14.0. The normalized spacial score (nSPS) is 20.0. The van der Waals surface area contributed by atoms with Crippen molar-refractivity contribution < 1.29 is 13.2 Å². The fraction of sp³-hybridized carbons (Fsp3) is 0.562. The zero-order valence-electron chi connectivity index (χ0n) is 13.2. The van der Waals surface area contributed by atoms with Gasteiger partial charge in [0, 0.05) is 18.8 Å². The van der Waals surface area contributed by atoms with E-state index < -0.39 is 10.0 Å². The van der Waals surface area contributed by atoms with Gasteiger partial charge < -0.3 is 5.32 Å². The van der Waals surface area contributed by atoms with Crippen molar-refractivity contribution in [1.82, 2.24) is 9.21 Å². The molecule has 1 aromatic rings. The molecule has 2 heterocycles. The molecule has 3 rings (SSSR count).